The molecule has 12 aromatic carbocycles. The summed E-state index contributed by atoms with van der Waals surface area (Å²) in [5.41, 5.74) is 28.4. The van der Waals surface area contributed by atoms with Crippen molar-refractivity contribution in [2.45, 2.75) is 88.5 Å². The molecule has 4 radical (unpaired) electrons. The molecule has 0 atom stereocenters. The van der Waals surface area contributed by atoms with Crippen LogP contribution in [-0.2, 0) is 95.4 Å². The number of ketones is 2. The summed E-state index contributed by atoms with van der Waals surface area (Å²) in [6, 6.07) is 140. The summed E-state index contributed by atoms with van der Waals surface area (Å²) in [5.74, 6) is -0.379. The summed E-state index contributed by atoms with van der Waals surface area (Å²) in [6.45, 7) is 22.5. The van der Waals surface area contributed by atoms with Crippen molar-refractivity contribution in [1.82, 2.24) is 44.9 Å². The van der Waals surface area contributed by atoms with E-state index in [0.717, 1.165) is 134 Å². The second-order valence-corrected chi connectivity index (χ2v) is 35.5. The standard InChI is InChI=1S/C23H14FN2O.C21H20N.C20H14N.C17H11N2O.C17H14N.2C11H8N.2C5H8O2.4Ir/c1-14-5-10-19-18-3-2-4-20(22(18)27-23(19)26-14)21-13-16(11-12-25-21)15-6-8-17(24)9-7-15;1-21(2,3)19-12-13-20(22-15-19)18-11-7-10-17(14-18)16-8-5-4-6-9-16;1-14-5-4-7-16(11-14)20-12-19-17(13-21-20)10-9-15-6-2-3-8-18(15)19;1-11-8-9-13-12-5-4-6-14(15-7-2-3-10-18-15)16(12)20-17(13)19-11;1-12-8-9-15-13(2)11-16(18-17(15)10-12)14-6-4-3-5-7-14;2*1-2-6-10(7-3-1)11-8-4-5-9-12-11;2*1-4(6)3-5(2)7;;;;/h2-3,5-13H,1H3;4-10,12-15H,1-3H3;2-6,8-13H,1H3;2-5,7-10H,1H3;3-6,8-11H,1-2H3;2*1-6,8-9H;2*3,6H,1-2H3;;;;/q7*-1;;;;;;. The van der Waals surface area contributed by atoms with Crippen molar-refractivity contribution in [3.63, 3.8) is 0 Å². The molecule has 0 aliphatic carbocycles. The number of aliphatic hydroxyl groups is 2. The maximum absolute atomic E-state index is 13.2. The molecular formula is C130H105FIr4N9O6-7. The van der Waals surface area contributed by atoms with Gasteiger partial charge in [0.2, 0.25) is 11.4 Å². The Morgan fingerprint density at radius 1 is 0.313 bits per heavy atom. The van der Waals surface area contributed by atoms with Crippen molar-refractivity contribution in [2.24, 2.45) is 0 Å². The van der Waals surface area contributed by atoms with Crippen LogP contribution < -0.4 is 0 Å². The van der Waals surface area contributed by atoms with Crippen LogP contribution in [0.25, 0.3) is 178 Å². The second-order valence-electron chi connectivity index (χ2n) is 35.5. The Labute approximate surface area is 928 Å². The molecule has 0 amide bonds. The van der Waals surface area contributed by atoms with E-state index in [2.05, 4.69) is 251 Å². The fraction of sp³-hybridized carbons (Fsp3) is 0.100. The van der Waals surface area contributed by atoms with Gasteiger partial charge in [0.1, 0.15) is 5.82 Å². The summed E-state index contributed by atoms with van der Waals surface area (Å²) in [4.78, 5) is 60.2. The Morgan fingerprint density at radius 3 is 1.29 bits per heavy atom. The number of benzene rings is 12. The van der Waals surface area contributed by atoms with Gasteiger partial charge in [0.15, 0.2) is 11.6 Å². The number of furan rings is 2. The van der Waals surface area contributed by atoms with Crippen LogP contribution in [0.15, 0.2) is 428 Å². The molecule has 0 aliphatic heterocycles. The van der Waals surface area contributed by atoms with Crippen molar-refractivity contribution in [2.75, 3.05) is 0 Å². The molecule has 2 N–H and O–H groups in total. The number of hydrogen-bond acceptors (Lipinski definition) is 15. The maximum atomic E-state index is 13.2. The van der Waals surface area contributed by atoms with Crippen molar-refractivity contribution in [3.8, 4) is 101 Å². The number of allylic oxidation sites excluding steroid dienone is 4. The van der Waals surface area contributed by atoms with Crippen LogP contribution in [0.2, 0.25) is 0 Å². The van der Waals surface area contributed by atoms with E-state index in [-0.39, 0.29) is 115 Å². The topological polar surface area (TPSA) is 217 Å². The number of carbonyl (C=O) groups excluding carboxylic acids is 2. The molecule has 23 aromatic rings. The molecule has 0 spiro atoms. The van der Waals surface area contributed by atoms with Gasteiger partial charge in [-0.25, -0.2) is 14.4 Å². The fourth-order valence-corrected chi connectivity index (χ4v) is 15.8. The summed E-state index contributed by atoms with van der Waals surface area (Å²) in [6.07, 6.45) is 13.3. The summed E-state index contributed by atoms with van der Waals surface area (Å²) < 4.78 is 25.2. The average Bonchev–Trinajstić information content (AvgIpc) is 1.66. The Bertz CT molecular complexity index is 8260. The minimum Gasteiger partial charge on any atom is -0.512 e. The average molecular weight is 2680 g/mol. The van der Waals surface area contributed by atoms with E-state index in [9.17, 15) is 14.0 Å². The molecular weight excluding hydrogens is 2570 g/mol. The first-order valence-corrected chi connectivity index (χ1v) is 47.5. The minimum atomic E-state index is -0.254. The van der Waals surface area contributed by atoms with Gasteiger partial charge in [-0.3, -0.25) is 14.6 Å². The Morgan fingerprint density at radius 2 is 0.773 bits per heavy atom. The molecule has 11 aromatic heterocycles. The van der Waals surface area contributed by atoms with Gasteiger partial charge in [-0.1, -0.05) is 207 Å². The fourth-order valence-electron chi connectivity index (χ4n) is 15.8. The molecule has 150 heavy (non-hydrogen) atoms. The van der Waals surface area contributed by atoms with E-state index in [1.807, 2.05) is 232 Å². The van der Waals surface area contributed by atoms with Crippen LogP contribution in [0.3, 0.4) is 0 Å². The Kier molecular flexibility index (Phi) is 42.7. The van der Waals surface area contributed by atoms with Gasteiger partial charge in [-0.2, -0.15) is 0 Å². The number of hydrogen-bond donors (Lipinski definition) is 2. The predicted molar refractivity (Wildman–Crippen MR) is 590 cm³/mol. The minimum absolute atomic E-state index is 0. The molecule has 0 saturated heterocycles. The first kappa shape index (κ1) is 115. The van der Waals surface area contributed by atoms with Gasteiger partial charge in [0.05, 0.1) is 28.2 Å². The third-order valence-electron chi connectivity index (χ3n) is 22.9. The van der Waals surface area contributed by atoms with Gasteiger partial charge in [0, 0.05) is 157 Å². The van der Waals surface area contributed by atoms with E-state index < -0.39 is 0 Å². The van der Waals surface area contributed by atoms with Crippen LogP contribution in [0.5, 0.6) is 0 Å². The predicted octanol–water partition coefficient (Wildman–Crippen LogP) is 32.3. The second kappa shape index (κ2) is 55.9. The molecule has 15 nitrogen and oxygen atoms in total. The number of fused-ring (bicyclic) bond motifs is 10. The van der Waals surface area contributed by atoms with E-state index in [4.69, 9.17) is 24.0 Å². The number of aliphatic hydroxyl groups excluding tert-OH is 2. The Balaban J connectivity index is 0.000000164. The van der Waals surface area contributed by atoms with Crippen LogP contribution >= 0.6 is 0 Å². The summed E-state index contributed by atoms with van der Waals surface area (Å²) in [7, 11) is 0. The number of pyridine rings is 9. The quantitative estimate of drug-likeness (QED) is 0.0533. The number of carbonyl (C=O) groups is 2. The molecule has 0 fully saturated rings. The van der Waals surface area contributed by atoms with Crippen molar-refractivity contribution >= 4 is 88.2 Å². The van der Waals surface area contributed by atoms with E-state index in [1.165, 1.54) is 112 Å². The summed E-state index contributed by atoms with van der Waals surface area (Å²) in [5, 5.41) is 26.9. The van der Waals surface area contributed by atoms with Gasteiger partial charge in [-0.15, -0.1) is 215 Å². The largest absolute Gasteiger partial charge is 0.512 e. The van der Waals surface area contributed by atoms with Gasteiger partial charge in [-0.05, 0) is 222 Å². The first-order valence-electron chi connectivity index (χ1n) is 47.5. The van der Waals surface area contributed by atoms with Crippen LogP contribution in [0.4, 0.5) is 4.39 Å². The molecule has 20 heteroatoms. The van der Waals surface area contributed by atoms with Gasteiger partial charge < -0.3 is 49.0 Å². The SMILES string of the molecule is CC(=O)C=C(C)O.CC(=O)C=C(C)O.CC(C)(C)c1ccc(-c2[c-]ccc(-c3ccccc3)c2)nc1.Cc1cc[c-]c(-c2cc3c(ccc4ccccc43)cn2)c1.Cc1ccc2c(C)cc(-c3[c-]cccc3)nc2c1.Cc1ccc2c(n1)oc1c(-c3cc(-c4ccc(F)cc4)ccn3)[c-]ccc12.Cc1ccc2c(n1)oc1c(-c3ccccn3)[c-]ccc12.[Ir].[Ir].[Ir].[Ir].[c-]1ccccc1-c1ccccn1.[c-]1ccccc1-c1ccccn1. The van der Waals surface area contributed by atoms with Crippen molar-refractivity contribution in [3.05, 3.63) is 501 Å². The van der Waals surface area contributed by atoms with Gasteiger partial charge in [0.25, 0.3) is 0 Å². The van der Waals surface area contributed by atoms with Crippen molar-refractivity contribution < 1.29 is 113 Å². The number of aryl methyl sites for hydroxylation is 5. The number of halogens is 1. The summed E-state index contributed by atoms with van der Waals surface area (Å²) >= 11 is 0. The van der Waals surface area contributed by atoms with E-state index in [1.54, 1.807) is 36.9 Å². The zero-order chi connectivity index (χ0) is 102. The molecule has 0 aliphatic rings. The molecule has 0 unspecified atom stereocenters. The molecule has 11 heterocycles. The van der Waals surface area contributed by atoms with Gasteiger partial charge >= 0.3 is 0 Å². The van der Waals surface area contributed by atoms with Crippen LogP contribution in [0, 0.1) is 82.9 Å². The number of aromatic nitrogens is 9. The monoisotopic (exact) mass is 2680 g/mol. The van der Waals surface area contributed by atoms with Crippen LogP contribution in [-0.4, -0.2) is 66.6 Å². The number of rotatable bonds is 11. The third kappa shape index (κ3) is 31.7. The van der Waals surface area contributed by atoms with Crippen LogP contribution in [0.1, 0.15) is 82.1 Å². The third-order valence-corrected chi connectivity index (χ3v) is 22.9. The van der Waals surface area contributed by atoms with E-state index >= 15 is 0 Å². The maximum Gasteiger partial charge on any atom is 0.216 e. The molecule has 756 valence electrons. The molecule has 0 saturated carbocycles. The number of nitrogens with zero attached hydrogens (tertiary/aromatic N) is 9. The molecule has 23 rings (SSSR count). The Hall–Kier alpha value is -15.7. The first-order chi connectivity index (χ1) is 70.8. The molecule has 0 bridgehead atoms. The van der Waals surface area contributed by atoms with Crippen molar-refractivity contribution in [1.29, 1.82) is 0 Å². The zero-order valence-electron chi connectivity index (χ0n) is 84.4. The zero-order valence-corrected chi connectivity index (χ0v) is 94.0. The normalized spacial score (nSPS) is 10.7. The smallest absolute Gasteiger partial charge is 0.216 e. The van der Waals surface area contributed by atoms with E-state index in [0.29, 0.717) is 17.0 Å².